The molecule has 2 saturated heterocycles. The predicted octanol–water partition coefficient (Wildman–Crippen LogP) is 3.08. The summed E-state index contributed by atoms with van der Waals surface area (Å²) in [5.41, 5.74) is 0. The first-order valence-electron chi connectivity index (χ1n) is 10.0. The van der Waals surface area contributed by atoms with E-state index in [0.29, 0.717) is 31.7 Å². The lowest BCUT2D eigenvalue weighted by Gasteiger charge is -2.36. The SMILES string of the molecule is CCN(CC(F)(F)F)C(=O)C1CCCN(C(=O)CC(C)C2CCCNC2)C1.Cl. The molecule has 164 valence electrons. The van der Waals surface area contributed by atoms with E-state index in [2.05, 4.69) is 12.2 Å². The van der Waals surface area contributed by atoms with Gasteiger partial charge >= 0.3 is 6.18 Å². The van der Waals surface area contributed by atoms with Crippen LogP contribution in [0.2, 0.25) is 0 Å². The summed E-state index contributed by atoms with van der Waals surface area (Å²) < 4.78 is 38.0. The second-order valence-corrected chi connectivity index (χ2v) is 7.93. The van der Waals surface area contributed by atoms with Crippen LogP contribution in [0.3, 0.4) is 0 Å². The molecule has 1 N–H and O–H groups in total. The van der Waals surface area contributed by atoms with Gasteiger partial charge in [-0.25, -0.2) is 0 Å². The molecule has 2 heterocycles. The van der Waals surface area contributed by atoms with Crippen LogP contribution >= 0.6 is 12.4 Å². The number of nitrogens with one attached hydrogen (secondary N) is 1. The Bertz CT molecular complexity index is 513. The number of nitrogens with zero attached hydrogens (tertiary/aromatic N) is 2. The van der Waals surface area contributed by atoms with E-state index in [4.69, 9.17) is 0 Å². The molecule has 3 atom stereocenters. The number of likely N-dealkylation sites (tertiary alicyclic amines) is 1. The number of hydrogen-bond donors (Lipinski definition) is 1. The average molecular weight is 428 g/mol. The van der Waals surface area contributed by atoms with Gasteiger partial charge in [0.05, 0.1) is 5.92 Å². The first kappa shape index (κ1) is 25.0. The van der Waals surface area contributed by atoms with Crippen molar-refractivity contribution >= 4 is 24.2 Å². The minimum atomic E-state index is -4.40. The molecule has 0 aliphatic carbocycles. The van der Waals surface area contributed by atoms with Crippen molar-refractivity contribution in [3.8, 4) is 0 Å². The zero-order valence-electron chi connectivity index (χ0n) is 16.8. The molecule has 28 heavy (non-hydrogen) atoms. The third kappa shape index (κ3) is 7.43. The summed E-state index contributed by atoms with van der Waals surface area (Å²) in [6, 6.07) is 0. The second kappa shape index (κ2) is 11.2. The van der Waals surface area contributed by atoms with Crippen molar-refractivity contribution in [1.82, 2.24) is 15.1 Å². The number of halogens is 4. The highest BCUT2D eigenvalue weighted by Crippen LogP contribution is 2.26. The molecule has 0 saturated carbocycles. The van der Waals surface area contributed by atoms with E-state index in [9.17, 15) is 22.8 Å². The highest BCUT2D eigenvalue weighted by molar-refractivity contribution is 5.85. The lowest BCUT2D eigenvalue weighted by atomic mass is 9.85. The molecule has 2 aliphatic heterocycles. The number of hydrogen-bond acceptors (Lipinski definition) is 3. The quantitative estimate of drug-likeness (QED) is 0.708. The van der Waals surface area contributed by atoms with Crippen LogP contribution in [0.25, 0.3) is 0 Å². The van der Waals surface area contributed by atoms with Crippen molar-refractivity contribution in [2.75, 3.05) is 39.3 Å². The molecule has 0 spiro atoms. The van der Waals surface area contributed by atoms with Gasteiger partial charge in [0.2, 0.25) is 11.8 Å². The van der Waals surface area contributed by atoms with E-state index in [1.165, 1.54) is 0 Å². The van der Waals surface area contributed by atoms with Crippen LogP contribution in [-0.2, 0) is 9.59 Å². The molecular formula is C19H33ClF3N3O2. The summed E-state index contributed by atoms with van der Waals surface area (Å²) in [5.74, 6) is -0.260. The lowest BCUT2D eigenvalue weighted by molar-refractivity contribution is -0.164. The number of rotatable bonds is 6. The standard InChI is InChI=1S/C19H32F3N3O2.ClH/c1-3-24(13-19(20,21)22)18(27)16-7-5-9-25(12-16)17(26)10-14(2)15-6-4-8-23-11-15;/h14-16,23H,3-13H2,1-2H3;1H. The van der Waals surface area contributed by atoms with Crippen LogP contribution in [0.4, 0.5) is 13.2 Å². The van der Waals surface area contributed by atoms with Gasteiger partial charge in [-0.1, -0.05) is 6.92 Å². The van der Waals surface area contributed by atoms with Gasteiger partial charge in [-0.05, 0) is 57.5 Å². The zero-order valence-corrected chi connectivity index (χ0v) is 17.6. The molecule has 0 bridgehead atoms. The molecule has 9 heteroatoms. The maximum absolute atomic E-state index is 12.7. The van der Waals surface area contributed by atoms with Gasteiger partial charge in [-0.15, -0.1) is 12.4 Å². The van der Waals surface area contributed by atoms with E-state index in [-0.39, 0.29) is 37.3 Å². The number of amides is 2. The van der Waals surface area contributed by atoms with Gasteiger partial charge in [0.1, 0.15) is 6.54 Å². The van der Waals surface area contributed by atoms with Crippen LogP contribution in [0, 0.1) is 17.8 Å². The Morgan fingerprint density at radius 1 is 1.25 bits per heavy atom. The third-order valence-electron chi connectivity index (χ3n) is 5.82. The van der Waals surface area contributed by atoms with Gasteiger partial charge in [-0.3, -0.25) is 9.59 Å². The fourth-order valence-electron chi connectivity index (χ4n) is 4.16. The molecule has 0 aromatic heterocycles. The van der Waals surface area contributed by atoms with E-state index < -0.39 is 24.5 Å². The molecule has 2 fully saturated rings. The highest BCUT2D eigenvalue weighted by Gasteiger charge is 2.37. The Morgan fingerprint density at radius 3 is 2.54 bits per heavy atom. The Hall–Kier alpha value is -1.02. The van der Waals surface area contributed by atoms with Crippen molar-refractivity contribution in [1.29, 1.82) is 0 Å². The van der Waals surface area contributed by atoms with Crippen LogP contribution in [-0.4, -0.2) is 67.1 Å². The Balaban J connectivity index is 0.00000392. The highest BCUT2D eigenvalue weighted by atomic mass is 35.5. The third-order valence-corrected chi connectivity index (χ3v) is 5.82. The largest absolute Gasteiger partial charge is 0.406 e. The zero-order chi connectivity index (χ0) is 20.0. The Kier molecular flexibility index (Phi) is 10.0. The first-order valence-corrected chi connectivity index (χ1v) is 10.0. The van der Waals surface area contributed by atoms with E-state index >= 15 is 0 Å². The molecule has 2 rings (SSSR count). The van der Waals surface area contributed by atoms with Gasteiger partial charge in [0, 0.05) is 26.1 Å². The molecule has 0 aromatic carbocycles. The van der Waals surface area contributed by atoms with Crippen molar-refractivity contribution < 1.29 is 22.8 Å². The molecule has 0 radical (unpaired) electrons. The van der Waals surface area contributed by atoms with Crippen molar-refractivity contribution in [3.05, 3.63) is 0 Å². The fourth-order valence-corrected chi connectivity index (χ4v) is 4.16. The van der Waals surface area contributed by atoms with Crippen molar-refractivity contribution in [2.45, 2.75) is 52.1 Å². The number of alkyl halides is 3. The minimum Gasteiger partial charge on any atom is -0.342 e. The Morgan fingerprint density at radius 2 is 1.96 bits per heavy atom. The van der Waals surface area contributed by atoms with Crippen molar-refractivity contribution in [2.24, 2.45) is 17.8 Å². The van der Waals surface area contributed by atoms with Gasteiger partial charge in [-0.2, -0.15) is 13.2 Å². The number of carbonyl (C=O) groups excluding carboxylic acids is 2. The van der Waals surface area contributed by atoms with E-state index in [0.717, 1.165) is 30.8 Å². The van der Waals surface area contributed by atoms with Gasteiger partial charge in [0.25, 0.3) is 0 Å². The summed E-state index contributed by atoms with van der Waals surface area (Å²) in [6.07, 6.45) is -0.530. The average Bonchev–Trinajstić information content (AvgIpc) is 2.65. The van der Waals surface area contributed by atoms with Crippen LogP contribution < -0.4 is 5.32 Å². The maximum Gasteiger partial charge on any atom is 0.406 e. The van der Waals surface area contributed by atoms with Gasteiger partial charge in [0.15, 0.2) is 0 Å². The molecule has 3 unspecified atom stereocenters. The minimum absolute atomic E-state index is 0. The van der Waals surface area contributed by atoms with E-state index in [1.807, 2.05) is 0 Å². The molecule has 5 nitrogen and oxygen atoms in total. The first-order chi connectivity index (χ1) is 12.7. The maximum atomic E-state index is 12.7. The second-order valence-electron chi connectivity index (χ2n) is 7.93. The molecule has 2 amide bonds. The summed E-state index contributed by atoms with van der Waals surface area (Å²) in [4.78, 5) is 27.7. The van der Waals surface area contributed by atoms with Crippen LogP contribution in [0.1, 0.15) is 46.0 Å². The molecular weight excluding hydrogens is 395 g/mol. The summed E-state index contributed by atoms with van der Waals surface area (Å²) in [5, 5.41) is 3.36. The van der Waals surface area contributed by atoms with Gasteiger partial charge < -0.3 is 15.1 Å². The summed E-state index contributed by atoms with van der Waals surface area (Å²) in [7, 11) is 0. The van der Waals surface area contributed by atoms with Crippen LogP contribution in [0.15, 0.2) is 0 Å². The topological polar surface area (TPSA) is 52.7 Å². The lowest BCUT2D eigenvalue weighted by Crippen LogP contribution is -2.49. The van der Waals surface area contributed by atoms with Crippen LogP contribution in [0.5, 0.6) is 0 Å². The normalized spacial score (nSPS) is 24.2. The van der Waals surface area contributed by atoms with E-state index in [1.54, 1.807) is 11.8 Å². The number of piperidine rings is 2. The summed E-state index contributed by atoms with van der Waals surface area (Å²) in [6.45, 7) is 5.22. The smallest absolute Gasteiger partial charge is 0.342 e. The Labute approximate surface area is 171 Å². The summed E-state index contributed by atoms with van der Waals surface area (Å²) >= 11 is 0. The number of carbonyl (C=O) groups is 2. The van der Waals surface area contributed by atoms with Crippen molar-refractivity contribution in [3.63, 3.8) is 0 Å². The fraction of sp³-hybridized carbons (Fsp3) is 0.895. The predicted molar refractivity (Wildman–Crippen MR) is 104 cm³/mol. The molecule has 0 aromatic rings. The molecule has 2 aliphatic rings. The monoisotopic (exact) mass is 427 g/mol.